The third kappa shape index (κ3) is 2.43. The summed E-state index contributed by atoms with van der Waals surface area (Å²) in [5, 5.41) is 2.93. The molecule has 2 heteroatoms. The van der Waals surface area contributed by atoms with Crippen LogP contribution < -0.4 is 5.32 Å². The van der Waals surface area contributed by atoms with E-state index in [9.17, 15) is 4.79 Å². The Morgan fingerprint density at radius 1 is 1.05 bits per heavy atom. The van der Waals surface area contributed by atoms with Gasteiger partial charge in [0.25, 0.3) is 5.91 Å². The van der Waals surface area contributed by atoms with Crippen LogP contribution in [0, 0.1) is 6.92 Å². The van der Waals surface area contributed by atoms with Crippen molar-refractivity contribution >= 4 is 17.7 Å². The van der Waals surface area contributed by atoms with Gasteiger partial charge in [0.1, 0.15) is 0 Å². The van der Waals surface area contributed by atoms with E-state index in [2.05, 4.69) is 30.4 Å². The number of carbonyl (C=O) groups is 1. The Labute approximate surface area is 112 Å². The summed E-state index contributed by atoms with van der Waals surface area (Å²) in [4.78, 5) is 12.0. The fraction of sp³-hybridized carbons (Fsp3) is 0.118. The number of hydrogen-bond acceptors (Lipinski definition) is 1. The van der Waals surface area contributed by atoms with Crippen molar-refractivity contribution in [1.82, 2.24) is 0 Å². The molecule has 0 saturated carbocycles. The second-order valence-corrected chi connectivity index (χ2v) is 4.87. The van der Waals surface area contributed by atoms with Crippen molar-refractivity contribution < 1.29 is 4.79 Å². The van der Waals surface area contributed by atoms with E-state index in [1.165, 1.54) is 11.1 Å². The second-order valence-electron chi connectivity index (χ2n) is 4.87. The molecule has 0 radical (unpaired) electrons. The summed E-state index contributed by atoms with van der Waals surface area (Å²) in [7, 11) is 0. The molecule has 1 aliphatic rings. The number of nitrogens with one attached hydrogen (secondary N) is 1. The molecule has 0 unspecified atom stereocenters. The number of fused-ring (bicyclic) bond motifs is 1. The minimum atomic E-state index is -0.000671. The Morgan fingerprint density at radius 3 is 2.58 bits per heavy atom. The summed E-state index contributed by atoms with van der Waals surface area (Å²) in [5.41, 5.74) is 5.19. The number of para-hydroxylation sites is 1. The second kappa shape index (κ2) is 4.73. The molecule has 19 heavy (non-hydrogen) atoms. The molecule has 0 fully saturated rings. The van der Waals surface area contributed by atoms with Gasteiger partial charge in [-0.3, -0.25) is 4.79 Å². The zero-order chi connectivity index (χ0) is 13.2. The SMILES string of the molecule is Cc1ccc(/C=C2\Cc3ccccc3NC2=O)cc1. The molecule has 0 aliphatic carbocycles. The van der Waals surface area contributed by atoms with Crippen LogP contribution in [0.3, 0.4) is 0 Å². The summed E-state index contributed by atoms with van der Waals surface area (Å²) in [6.45, 7) is 2.06. The lowest BCUT2D eigenvalue weighted by atomic mass is 9.96. The molecule has 1 amide bonds. The highest BCUT2D eigenvalue weighted by Gasteiger charge is 2.19. The zero-order valence-corrected chi connectivity index (χ0v) is 10.8. The summed E-state index contributed by atoms with van der Waals surface area (Å²) in [6.07, 6.45) is 2.65. The van der Waals surface area contributed by atoms with Gasteiger partial charge in [0.15, 0.2) is 0 Å². The first-order valence-corrected chi connectivity index (χ1v) is 6.39. The smallest absolute Gasteiger partial charge is 0.251 e. The van der Waals surface area contributed by atoms with Gasteiger partial charge in [-0.05, 0) is 30.2 Å². The largest absolute Gasteiger partial charge is 0.322 e. The molecule has 2 nitrogen and oxygen atoms in total. The Bertz CT molecular complexity index is 653. The van der Waals surface area contributed by atoms with Crippen LogP contribution in [0.25, 0.3) is 6.08 Å². The van der Waals surface area contributed by atoms with Gasteiger partial charge in [0, 0.05) is 17.7 Å². The monoisotopic (exact) mass is 249 g/mol. The maximum atomic E-state index is 12.0. The van der Waals surface area contributed by atoms with Gasteiger partial charge in [0.05, 0.1) is 0 Å². The van der Waals surface area contributed by atoms with Crippen molar-refractivity contribution in [2.45, 2.75) is 13.3 Å². The number of rotatable bonds is 1. The van der Waals surface area contributed by atoms with Crippen molar-refractivity contribution in [3.05, 3.63) is 70.8 Å². The molecule has 2 aromatic carbocycles. The first-order chi connectivity index (χ1) is 9.22. The van der Waals surface area contributed by atoms with E-state index in [1.807, 2.05) is 36.4 Å². The van der Waals surface area contributed by atoms with E-state index in [0.29, 0.717) is 6.42 Å². The zero-order valence-electron chi connectivity index (χ0n) is 10.8. The van der Waals surface area contributed by atoms with Crippen LogP contribution >= 0.6 is 0 Å². The van der Waals surface area contributed by atoms with Crippen LogP contribution in [0.5, 0.6) is 0 Å². The third-order valence-corrected chi connectivity index (χ3v) is 3.36. The predicted molar refractivity (Wildman–Crippen MR) is 77.9 cm³/mol. The Kier molecular flexibility index (Phi) is 2.92. The molecular formula is C17H15NO. The van der Waals surface area contributed by atoms with Gasteiger partial charge in [-0.15, -0.1) is 0 Å². The van der Waals surface area contributed by atoms with E-state index >= 15 is 0 Å². The molecule has 94 valence electrons. The van der Waals surface area contributed by atoms with E-state index in [0.717, 1.165) is 16.8 Å². The lowest BCUT2D eigenvalue weighted by Gasteiger charge is -2.19. The molecule has 0 saturated heterocycles. The summed E-state index contributed by atoms with van der Waals surface area (Å²) >= 11 is 0. The number of anilines is 1. The average molecular weight is 249 g/mol. The molecule has 3 rings (SSSR count). The molecule has 0 atom stereocenters. The molecule has 0 bridgehead atoms. The quantitative estimate of drug-likeness (QED) is 0.769. The van der Waals surface area contributed by atoms with Crippen LogP contribution in [0.15, 0.2) is 54.1 Å². The number of hydrogen-bond donors (Lipinski definition) is 1. The lowest BCUT2D eigenvalue weighted by molar-refractivity contribution is -0.113. The minimum absolute atomic E-state index is 0.000671. The van der Waals surface area contributed by atoms with Gasteiger partial charge in [-0.2, -0.15) is 0 Å². The van der Waals surface area contributed by atoms with Crippen LogP contribution in [-0.2, 0) is 11.2 Å². The lowest BCUT2D eigenvalue weighted by Crippen LogP contribution is -2.21. The Morgan fingerprint density at radius 2 is 1.79 bits per heavy atom. The highest BCUT2D eigenvalue weighted by molar-refractivity contribution is 6.09. The minimum Gasteiger partial charge on any atom is -0.322 e. The van der Waals surface area contributed by atoms with E-state index in [4.69, 9.17) is 0 Å². The topological polar surface area (TPSA) is 29.1 Å². The molecule has 1 heterocycles. The van der Waals surface area contributed by atoms with Gasteiger partial charge in [-0.25, -0.2) is 0 Å². The van der Waals surface area contributed by atoms with Crippen LogP contribution in [0.1, 0.15) is 16.7 Å². The summed E-state index contributed by atoms with van der Waals surface area (Å²) in [5.74, 6) is -0.000671. The van der Waals surface area contributed by atoms with Crippen molar-refractivity contribution in [2.75, 3.05) is 5.32 Å². The number of aryl methyl sites for hydroxylation is 1. The molecular weight excluding hydrogens is 234 g/mol. The van der Waals surface area contributed by atoms with Crippen LogP contribution in [0.4, 0.5) is 5.69 Å². The first kappa shape index (κ1) is 11.7. The fourth-order valence-electron chi connectivity index (χ4n) is 2.26. The van der Waals surface area contributed by atoms with Crippen molar-refractivity contribution in [2.24, 2.45) is 0 Å². The normalized spacial score (nSPS) is 16.1. The van der Waals surface area contributed by atoms with Crippen LogP contribution in [-0.4, -0.2) is 5.91 Å². The van der Waals surface area contributed by atoms with E-state index in [-0.39, 0.29) is 5.91 Å². The molecule has 1 aliphatic heterocycles. The molecule has 1 N–H and O–H groups in total. The molecule has 0 aromatic heterocycles. The Balaban J connectivity index is 1.94. The number of amides is 1. The van der Waals surface area contributed by atoms with E-state index < -0.39 is 0 Å². The van der Waals surface area contributed by atoms with Crippen molar-refractivity contribution in [3.63, 3.8) is 0 Å². The third-order valence-electron chi connectivity index (χ3n) is 3.36. The standard InChI is InChI=1S/C17H15NO/c1-12-6-8-13(9-7-12)10-15-11-14-4-2-3-5-16(14)18-17(15)19/h2-10H,11H2,1H3,(H,18,19)/b15-10+. The van der Waals surface area contributed by atoms with Gasteiger partial charge in [0.2, 0.25) is 0 Å². The fourth-order valence-corrected chi connectivity index (χ4v) is 2.26. The highest BCUT2D eigenvalue weighted by atomic mass is 16.1. The van der Waals surface area contributed by atoms with Gasteiger partial charge in [-0.1, -0.05) is 48.0 Å². The average Bonchev–Trinajstić information content (AvgIpc) is 2.42. The van der Waals surface area contributed by atoms with Crippen LogP contribution in [0.2, 0.25) is 0 Å². The number of benzene rings is 2. The van der Waals surface area contributed by atoms with Gasteiger partial charge >= 0.3 is 0 Å². The predicted octanol–water partition coefficient (Wildman–Crippen LogP) is 3.57. The maximum absolute atomic E-state index is 12.0. The van der Waals surface area contributed by atoms with E-state index in [1.54, 1.807) is 0 Å². The summed E-state index contributed by atoms with van der Waals surface area (Å²) < 4.78 is 0. The van der Waals surface area contributed by atoms with Crippen molar-refractivity contribution in [1.29, 1.82) is 0 Å². The van der Waals surface area contributed by atoms with Gasteiger partial charge < -0.3 is 5.32 Å². The maximum Gasteiger partial charge on any atom is 0.251 e. The number of carbonyl (C=O) groups excluding carboxylic acids is 1. The first-order valence-electron chi connectivity index (χ1n) is 6.39. The Hall–Kier alpha value is -2.35. The van der Waals surface area contributed by atoms with Crippen molar-refractivity contribution in [3.8, 4) is 0 Å². The summed E-state index contributed by atoms with van der Waals surface area (Å²) in [6, 6.07) is 16.1. The molecule has 2 aromatic rings. The molecule has 0 spiro atoms. The highest BCUT2D eigenvalue weighted by Crippen LogP contribution is 2.25.